The van der Waals surface area contributed by atoms with E-state index in [2.05, 4.69) is 13.5 Å². The van der Waals surface area contributed by atoms with Gasteiger partial charge >= 0.3 is 5.97 Å². The van der Waals surface area contributed by atoms with Crippen LogP contribution in [-0.2, 0) is 14.1 Å². The molecule has 0 aromatic rings. The van der Waals surface area contributed by atoms with Crippen LogP contribution in [0, 0.1) is 0 Å². The molecule has 0 spiro atoms. The lowest BCUT2D eigenvalue weighted by molar-refractivity contribution is -0.138. The molecule has 0 amide bonds. The molecule has 27 heavy (non-hydrogen) atoms. The molecule has 160 valence electrons. The van der Waals surface area contributed by atoms with E-state index in [-0.39, 0.29) is 12.8 Å². The van der Waals surface area contributed by atoms with Crippen molar-refractivity contribution in [2.45, 2.75) is 104 Å². The average molecular weight is 403 g/mol. The molecule has 0 aromatic carbocycles. The van der Waals surface area contributed by atoms with Crippen molar-refractivity contribution in [2.24, 2.45) is 0 Å². The molecule has 0 bridgehead atoms. The fraction of sp³-hybridized carbons (Fsp3) is 0.864. The Labute approximate surface area is 167 Å². The van der Waals surface area contributed by atoms with Gasteiger partial charge in [-0.25, -0.2) is 4.79 Å². The van der Waals surface area contributed by atoms with Crippen LogP contribution in [0.3, 0.4) is 0 Å². The van der Waals surface area contributed by atoms with E-state index in [1.165, 1.54) is 70.6 Å². The third-order valence-corrected chi connectivity index (χ3v) is 6.78. The van der Waals surface area contributed by atoms with Crippen molar-refractivity contribution in [3.05, 3.63) is 12.2 Å². The average Bonchev–Trinajstić information content (AvgIpc) is 2.61. The summed E-state index contributed by atoms with van der Waals surface area (Å²) in [6.07, 6.45) is 18.1. The quantitative estimate of drug-likeness (QED) is 0.111. The third kappa shape index (κ3) is 18.5. The van der Waals surface area contributed by atoms with Gasteiger partial charge in [0.05, 0.1) is 6.16 Å². The molecule has 0 saturated heterocycles. The summed E-state index contributed by atoms with van der Waals surface area (Å²) in [5, 5.41) is 0. The lowest BCUT2D eigenvalue weighted by Crippen LogP contribution is -2.10. The highest BCUT2D eigenvalue weighted by molar-refractivity contribution is 7.58. The van der Waals surface area contributed by atoms with Gasteiger partial charge in [-0.3, -0.25) is 4.57 Å². The van der Waals surface area contributed by atoms with Crippen LogP contribution in [0.2, 0.25) is 0 Å². The topological polar surface area (TPSA) is 63.6 Å². The largest absolute Gasteiger partial charge is 0.462 e. The van der Waals surface area contributed by atoms with Crippen LogP contribution < -0.4 is 0 Å². The number of esters is 1. The van der Waals surface area contributed by atoms with Crippen molar-refractivity contribution >= 4 is 13.3 Å². The zero-order valence-corrected chi connectivity index (χ0v) is 18.7. The Hall–Kier alpha value is -0.600. The van der Waals surface area contributed by atoms with Crippen LogP contribution in [0.15, 0.2) is 12.2 Å². The van der Waals surface area contributed by atoms with Crippen LogP contribution in [0.1, 0.15) is 104 Å². The third-order valence-electron chi connectivity index (χ3n) is 4.88. The van der Waals surface area contributed by atoms with Gasteiger partial charge in [-0.2, -0.15) is 0 Å². The summed E-state index contributed by atoms with van der Waals surface area (Å²) in [5.74, 6) is -0.494. The van der Waals surface area contributed by atoms with Crippen LogP contribution in [0.25, 0.3) is 0 Å². The zero-order valence-electron chi connectivity index (χ0n) is 17.8. The van der Waals surface area contributed by atoms with Crippen molar-refractivity contribution in [1.82, 2.24) is 0 Å². The van der Waals surface area contributed by atoms with Crippen molar-refractivity contribution in [3.63, 3.8) is 0 Å². The van der Waals surface area contributed by atoms with E-state index in [9.17, 15) is 14.3 Å². The minimum atomic E-state index is -3.17. The number of rotatable bonds is 19. The number of carbonyl (C=O) groups is 1. The lowest BCUT2D eigenvalue weighted by atomic mass is 10.0. The first-order chi connectivity index (χ1) is 12.9. The number of ether oxygens (including phenoxy) is 1. The molecule has 0 saturated carbocycles. The van der Waals surface area contributed by atoms with Crippen molar-refractivity contribution in [3.8, 4) is 0 Å². The Balaban J connectivity index is 3.39. The van der Waals surface area contributed by atoms with Crippen molar-refractivity contribution in [2.75, 3.05) is 18.9 Å². The fourth-order valence-electron chi connectivity index (χ4n) is 3.07. The molecule has 0 aliphatic carbocycles. The van der Waals surface area contributed by atoms with Crippen molar-refractivity contribution in [1.29, 1.82) is 0 Å². The van der Waals surface area contributed by atoms with Gasteiger partial charge in [0.25, 0.3) is 0 Å². The summed E-state index contributed by atoms with van der Waals surface area (Å²) in [5.41, 5.74) is 0.315. The predicted molar refractivity (Wildman–Crippen MR) is 116 cm³/mol. The monoisotopic (exact) mass is 402 g/mol. The highest BCUT2D eigenvalue weighted by Crippen LogP contribution is 2.41. The standard InChI is InChI=1S/C22H43O4P/c1-4-5-6-7-8-9-10-11-12-13-14-15-16-17-19-27(24,25)20-18-26-22(23)21(2)3/h2,4-20H2,1,3H3,(H,24,25). The molecule has 5 heteroatoms. The zero-order chi connectivity index (χ0) is 20.4. The minimum absolute atomic E-state index is 0.00191. The second kappa shape index (κ2) is 17.5. The second-order valence-electron chi connectivity index (χ2n) is 7.81. The highest BCUT2D eigenvalue weighted by Gasteiger charge is 2.18. The summed E-state index contributed by atoms with van der Waals surface area (Å²) >= 11 is 0. The molecule has 4 nitrogen and oxygen atoms in total. The lowest BCUT2D eigenvalue weighted by Gasteiger charge is -2.11. The molecule has 1 atom stereocenters. The number of hydrogen-bond acceptors (Lipinski definition) is 3. The summed E-state index contributed by atoms with van der Waals surface area (Å²) in [6.45, 7) is 7.30. The molecule has 1 N–H and O–H groups in total. The van der Waals surface area contributed by atoms with E-state index in [4.69, 9.17) is 4.74 Å². The smallest absolute Gasteiger partial charge is 0.333 e. The van der Waals surface area contributed by atoms with E-state index >= 15 is 0 Å². The maximum absolute atomic E-state index is 12.0. The number of hydrogen-bond donors (Lipinski definition) is 1. The highest BCUT2D eigenvalue weighted by atomic mass is 31.2. The van der Waals surface area contributed by atoms with E-state index < -0.39 is 13.3 Å². The molecular weight excluding hydrogens is 359 g/mol. The first-order valence-electron chi connectivity index (χ1n) is 11.0. The summed E-state index contributed by atoms with van der Waals surface area (Å²) < 4.78 is 16.9. The SMILES string of the molecule is C=C(C)C(=O)OCCP(=O)(O)CCCCCCCCCCCCCCCC. The van der Waals surface area contributed by atoms with Crippen LogP contribution >= 0.6 is 7.37 Å². The minimum Gasteiger partial charge on any atom is -0.462 e. The normalized spacial score (nSPS) is 13.3. The summed E-state index contributed by atoms with van der Waals surface area (Å²) in [7, 11) is -3.17. The molecule has 0 aliphatic rings. The maximum atomic E-state index is 12.0. The molecule has 0 rings (SSSR count). The van der Waals surface area contributed by atoms with Gasteiger partial charge in [-0.15, -0.1) is 0 Å². The molecule has 0 heterocycles. The van der Waals surface area contributed by atoms with E-state index in [0.717, 1.165) is 19.3 Å². The second-order valence-corrected chi connectivity index (χ2v) is 10.4. The molecule has 0 radical (unpaired) electrons. The van der Waals surface area contributed by atoms with Crippen LogP contribution in [0.5, 0.6) is 0 Å². The number of unbranched alkanes of at least 4 members (excludes halogenated alkanes) is 13. The Bertz CT molecular complexity index is 434. The molecule has 1 unspecified atom stereocenters. The van der Waals surface area contributed by atoms with Gasteiger partial charge in [0.1, 0.15) is 6.61 Å². The van der Waals surface area contributed by atoms with Gasteiger partial charge in [0.15, 0.2) is 0 Å². The fourth-order valence-corrected chi connectivity index (χ4v) is 4.39. The van der Waals surface area contributed by atoms with E-state index in [1.54, 1.807) is 6.92 Å². The summed E-state index contributed by atoms with van der Waals surface area (Å²) in [4.78, 5) is 21.1. The molecular formula is C22H43O4P. The van der Waals surface area contributed by atoms with Crippen LogP contribution in [-0.4, -0.2) is 29.8 Å². The van der Waals surface area contributed by atoms with Gasteiger partial charge < -0.3 is 9.63 Å². The Kier molecular flexibility index (Phi) is 17.1. The molecule has 0 fully saturated rings. The Morgan fingerprint density at radius 2 is 1.22 bits per heavy atom. The first kappa shape index (κ1) is 26.4. The van der Waals surface area contributed by atoms with E-state index in [1.807, 2.05) is 0 Å². The summed E-state index contributed by atoms with van der Waals surface area (Å²) in [6, 6.07) is 0. The van der Waals surface area contributed by atoms with Gasteiger partial charge in [0, 0.05) is 11.7 Å². The van der Waals surface area contributed by atoms with Gasteiger partial charge in [-0.05, 0) is 13.3 Å². The van der Waals surface area contributed by atoms with Crippen LogP contribution in [0.4, 0.5) is 0 Å². The Morgan fingerprint density at radius 3 is 1.63 bits per heavy atom. The van der Waals surface area contributed by atoms with Gasteiger partial charge in [0.2, 0.25) is 7.37 Å². The van der Waals surface area contributed by atoms with Gasteiger partial charge in [-0.1, -0.05) is 97.0 Å². The van der Waals surface area contributed by atoms with Crippen molar-refractivity contribution < 1.29 is 19.0 Å². The number of carbonyl (C=O) groups excluding carboxylic acids is 1. The van der Waals surface area contributed by atoms with E-state index in [0.29, 0.717) is 11.7 Å². The Morgan fingerprint density at radius 1 is 0.815 bits per heavy atom. The first-order valence-corrected chi connectivity index (χ1v) is 13.1. The molecule has 0 aliphatic heterocycles. The maximum Gasteiger partial charge on any atom is 0.333 e. The predicted octanol–water partition coefficient (Wildman–Crippen LogP) is 6.86. The molecule has 0 aromatic heterocycles.